The number of likely N-dealkylation sites (N-methyl/N-ethyl adjacent to an activating group) is 1. The van der Waals surface area contributed by atoms with Gasteiger partial charge in [-0.3, -0.25) is 13.8 Å². The van der Waals surface area contributed by atoms with Crippen molar-refractivity contribution >= 4 is 13.7 Å². The third-order valence-corrected chi connectivity index (χ3v) is 11.6. The van der Waals surface area contributed by atoms with Gasteiger partial charge in [0.25, 0.3) is 0 Å². The lowest BCUT2D eigenvalue weighted by molar-refractivity contribution is -0.870. The fraction of sp³-hybridized carbons (Fsp3) is 0.977. The van der Waals surface area contributed by atoms with Crippen LogP contribution in [0.2, 0.25) is 0 Å². The van der Waals surface area contributed by atoms with Crippen LogP contribution in [-0.4, -0.2) is 73.4 Å². The van der Waals surface area contributed by atoms with Crippen LogP contribution in [0.3, 0.4) is 0 Å². The first-order valence-electron chi connectivity index (χ1n) is 22.9. The first kappa shape index (κ1) is 52.5. The summed E-state index contributed by atoms with van der Waals surface area (Å²) >= 11 is 0. The Morgan fingerprint density at radius 3 is 1.26 bits per heavy atom. The number of amides is 1. The number of nitrogens with one attached hydrogen (secondary N) is 1. The van der Waals surface area contributed by atoms with Gasteiger partial charge in [0.2, 0.25) is 5.91 Å². The second kappa shape index (κ2) is 37.1. The van der Waals surface area contributed by atoms with Crippen LogP contribution in [0.25, 0.3) is 0 Å². The van der Waals surface area contributed by atoms with Crippen LogP contribution in [0.5, 0.6) is 0 Å². The third kappa shape index (κ3) is 39.5. The van der Waals surface area contributed by atoms with Crippen LogP contribution in [0.4, 0.5) is 0 Å². The summed E-state index contributed by atoms with van der Waals surface area (Å²) in [6.07, 6.45) is 39.8. The molecule has 0 aliphatic heterocycles. The zero-order valence-corrected chi connectivity index (χ0v) is 36.9. The summed E-state index contributed by atoms with van der Waals surface area (Å²) in [4.78, 5) is 23.1. The van der Waals surface area contributed by atoms with Crippen molar-refractivity contribution in [3.05, 3.63) is 0 Å². The summed E-state index contributed by atoms with van der Waals surface area (Å²) in [5, 5.41) is 14.0. The Bertz CT molecular complexity index is 839. The summed E-state index contributed by atoms with van der Waals surface area (Å²) in [7, 11) is 1.63. The number of hydrogen-bond donors (Lipinski definition) is 3. The molecule has 1 amide bonds. The lowest BCUT2D eigenvalue weighted by Crippen LogP contribution is -2.46. The van der Waals surface area contributed by atoms with E-state index in [4.69, 9.17) is 9.05 Å². The van der Waals surface area contributed by atoms with Gasteiger partial charge >= 0.3 is 7.82 Å². The largest absolute Gasteiger partial charge is 0.472 e. The highest BCUT2D eigenvalue weighted by Crippen LogP contribution is 2.43. The Morgan fingerprint density at radius 2 is 0.906 bits per heavy atom. The zero-order valence-electron chi connectivity index (χ0n) is 36.0. The van der Waals surface area contributed by atoms with Gasteiger partial charge in [0.15, 0.2) is 0 Å². The first-order valence-corrected chi connectivity index (χ1v) is 24.4. The fourth-order valence-electron chi connectivity index (χ4n) is 6.93. The van der Waals surface area contributed by atoms with E-state index >= 15 is 0 Å². The van der Waals surface area contributed by atoms with Gasteiger partial charge in [-0.25, -0.2) is 4.57 Å². The smallest absolute Gasteiger partial charge is 0.391 e. The van der Waals surface area contributed by atoms with Gasteiger partial charge in [-0.05, 0) is 12.8 Å². The lowest BCUT2D eigenvalue weighted by atomic mass is 10.0. The molecule has 0 aliphatic carbocycles. The number of aliphatic hydroxyl groups excluding tert-OH is 1. The van der Waals surface area contributed by atoms with Gasteiger partial charge in [-0.2, -0.15) is 0 Å². The van der Waals surface area contributed by atoms with Crippen molar-refractivity contribution in [2.24, 2.45) is 0 Å². The Labute approximate surface area is 329 Å². The number of phosphoric ester groups is 1. The summed E-state index contributed by atoms with van der Waals surface area (Å²) in [5.41, 5.74) is 0. The summed E-state index contributed by atoms with van der Waals surface area (Å²) in [6.45, 7) is 4.91. The van der Waals surface area contributed by atoms with E-state index in [9.17, 15) is 19.4 Å². The summed E-state index contributed by atoms with van der Waals surface area (Å²) in [6, 6.07) is -0.752. The molecule has 0 spiro atoms. The zero-order chi connectivity index (χ0) is 39.3. The van der Waals surface area contributed by atoms with E-state index in [1.165, 1.54) is 161 Å². The lowest BCUT2D eigenvalue weighted by Gasteiger charge is -2.26. The molecule has 0 bridgehead atoms. The molecule has 0 rings (SSSR count). The molecule has 0 aromatic heterocycles. The monoisotopic (exact) mass is 776 g/mol. The maximum atomic E-state index is 12.9. The van der Waals surface area contributed by atoms with Crippen LogP contribution < -0.4 is 5.32 Å². The van der Waals surface area contributed by atoms with Crippen LogP contribution in [0, 0.1) is 0 Å². The highest BCUT2D eigenvalue weighted by atomic mass is 31.2. The van der Waals surface area contributed by atoms with Crippen molar-refractivity contribution in [1.82, 2.24) is 5.32 Å². The number of hydrogen-bond acceptors (Lipinski definition) is 5. The van der Waals surface area contributed by atoms with Crippen molar-refractivity contribution in [3.8, 4) is 0 Å². The number of carbonyl (C=O) groups excluding carboxylic acids is 1. The minimum absolute atomic E-state index is 0.0786. The van der Waals surface area contributed by atoms with Crippen LogP contribution in [0.15, 0.2) is 0 Å². The van der Waals surface area contributed by atoms with Gasteiger partial charge in [0.05, 0.1) is 39.9 Å². The predicted octanol–water partition coefficient (Wildman–Crippen LogP) is 12.6. The van der Waals surface area contributed by atoms with E-state index in [-0.39, 0.29) is 19.1 Å². The van der Waals surface area contributed by atoms with Crippen molar-refractivity contribution in [2.45, 2.75) is 238 Å². The molecule has 3 atom stereocenters. The van der Waals surface area contributed by atoms with E-state index in [2.05, 4.69) is 19.2 Å². The molecule has 318 valence electrons. The highest BCUT2D eigenvalue weighted by Gasteiger charge is 2.28. The van der Waals surface area contributed by atoms with Gasteiger partial charge in [0.1, 0.15) is 13.2 Å². The Morgan fingerprint density at radius 1 is 0.566 bits per heavy atom. The van der Waals surface area contributed by atoms with E-state index in [1.807, 2.05) is 21.1 Å². The molecule has 0 aromatic rings. The van der Waals surface area contributed by atoms with Gasteiger partial charge in [-0.15, -0.1) is 0 Å². The quantitative estimate of drug-likeness (QED) is 0.0324. The second-order valence-electron chi connectivity index (χ2n) is 17.1. The average Bonchev–Trinajstić information content (AvgIpc) is 3.10. The fourth-order valence-corrected chi connectivity index (χ4v) is 7.67. The van der Waals surface area contributed by atoms with Crippen molar-refractivity contribution in [2.75, 3.05) is 40.9 Å². The van der Waals surface area contributed by atoms with Crippen molar-refractivity contribution in [1.29, 1.82) is 0 Å². The summed E-state index contributed by atoms with van der Waals surface area (Å²) in [5.74, 6) is -0.140. The van der Waals surface area contributed by atoms with Crippen LogP contribution in [-0.2, 0) is 18.4 Å². The van der Waals surface area contributed by atoms with Crippen molar-refractivity contribution < 1.29 is 32.9 Å². The van der Waals surface area contributed by atoms with Crippen LogP contribution in [0.1, 0.15) is 226 Å². The molecule has 0 heterocycles. The number of unbranched alkanes of at least 4 members (excludes halogenated alkanes) is 29. The average molecular weight is 776 g/mol. The number of nitrogens with zero attached hydrogens (tertiary/aromatic N) is 1. The number of aliphatic hydroxyl groups is 1. The van der Waals surface area contributed by atoms with Gasteiger partial charge < -0.3 is 19.8 Å². The molecule has 3 unspecified atom stereocenters. The Hall–Kier alpha value is -0.500. The minimum Gasteiger partial charge on any atom is -0.391 e. The minimum atomic E-state index is -4.31. The molecule has 8 nitrogen and oxygen atoms in total. The number of carbonyl (C=O) groups is 1. The molecule has 0 aromatic carbocycles. The standard InChI is InChI=1S/C44H91N2O6P/c1-6-8-10-12-14-16-18-20-22-23-24-26-28-30-32-34-36-38-44(48)45-42(41-52-53(49,50)51-40-39-46(3,4)5)43(47)37-35-33-31-29-27-25-21-19-17-15-13-11-9-7-2/h42-43,47H,6-41H2,1-5H3,(H-,45,48,49,50)/p+1. The normalized spacial score (nSPS) is 14.3. The van der Waals surface area contributed by atoms with E-state index in [1.54, 1.807) is 0 Å². The molecular formula is C44H92N2O6P+. The Kier molecular flexibility index (Phi) is 36.7. The third-order valence-electron chi connectivity index (χ3n) is 10.6. The van der Waals surface area contributed by atoms with E-state index in [0.29, 0.717) is 23.9 Å². The number of phosphoric acid groups is 1. The Balaban J connectivity index is 4.30. The summed E-state index contributed by atoms with van der Waals surface area (Å²) < 4.78 is 23.6. The van der Waals surface area contributed by atoms with E-state index in [0.717, 1.165) is 38.5 Å². The molecule has 3 N–H and O–H groups in total. The molecule has 0 aliphatic rings. The topological polar surface area (TPSA) is 105 Å². The van der Waals surface area contributed by atoms with Gasteiger partial charge in [-0.1, -0.05) is 206 Å². The van der Waals surface area contributed by atoms with Gasteiger partial charge in [0, 0.05) is 6.42 Å². The molecule has 0 fully saturated rings. The molecule has 0 saturated carbocycles. The SMILES string of the molecule is CCCCCCCCCCCCCCCCCCCC(=O)NC(COP(=O)(O)OCC[N+](C)(C)C)C(O)CCCCCCCCCCCCCCCC. The molecule has 0 saturated heterocycles. The van der Waals surface area contributed by atoms with Crippen molar-refractivity contribution in [3.63, 3.8) is 0 Å². The highest BCUT2D eigenvalue weighted by molar-refractivity contribution is 7.47. The number of quaternary nitrogens is 1. The predicted molar refractivity (Wildman–Crippen MR) is 226 cm³/mol. The molecule has 0 radical (unpaired) electrons. The molecule has 9 heteroatoms. The van der Waals surface area contributed by atoms with Crippen LogP contribution >= 0.6 is 7.82 Å². The maximum absolute atomic E-state index is 12.9. The second-order valence-corrected chi connectivity index (χ2v) is 18.6. The van der Waals surface area contributed by atoms with E-state index < -0.39 is 20.0 Å². The maximum Gasteiger partial charge on any atom is 0.472 e. The molecule has 53 heavy (non-hydrogen) atoms. The molecular weight excluding hydrogens is 683 g/mol. The number of rotatable bonds is 42. The first-order chi connectivity index (χ1) is 25.5.